The number of carbonyl (C=O) groups excluding carboxylic acids is 3. The van der Waals surface area contributed by atoms with E-state index in [9.17, 15) is 14.4 Å². The molecule has 1 atom stereocenters. The molecule has 12 heteroatoms. The van der Waals surface area contributed by atoms with Gasteiger partial charge in [-0.15, -0.1) is 0 Å². The Labute approximate surface area is 246 Å². The molecule has 2 aromatic heterocycles. The molecule has 0 spiro atoms. The first kappa shape index (κ1) is 30.5. The van der Waals surface area contributed by atoms with Crippen molar-refractivity contribution in [3.63, 3.8) is 0 Å². The molecule has 12 nitrogen and oxygen atoms in total. The van der Waals surface area contributed by atoms with Gasteiger partial charge in [-0.05, 0) is 52.3 Å². The van der Waals surface area contributed by atoms with Gasteiger partial charge in [0.15, 0.2) is 5.69 Å². The Morgan fingerprint density at radius 2 is 1.74 bits per heavy atom. The summed E-state index contributed by atoms with van der Waals surface area (Å²) in [7, 11) is 3.35. The molecule has 3 aromatic rings. The second-order valence-corrected chi connectivity index (χ2v) is 12.0. The first-order valence-corrected chi connectivity index (χ1v) is 14.0. The van der Waals surface area contributed by atoms with Crippen molar-refractivity contribution in [1.82, 2.24) is 30.0 Å². The average molecular weight is 577 g/mol. The minimum atomic E-state index is -0.616. The van der Waals surface area contributed by atoms with E-state index in [0.29, 0.717) is 37.0 Å². The van der Waals surface area contributed by atoms with Gasteiger partial charge in [-0.25, -0.2) is 19.6 Å². The van der Waals surface area contributed by atoms with Crippen LogP contribution in [-0.4, -0.2) is 68.8 Å². The summed E-state index contributed by atoms with van der Waals surface area (Å²) in [6.45, 7) is 12.9. The highest BCUT2D eigenvalue weighted by Gasteiger charge is 2.34. The molecule has 42 heavy (non-hydrogen) atoms. The lowest BCUT2D eigenvalue weighted by Crippen LogP contribution is -2.36. The highest BCUT2D eigenvalue weighted by Crippen LogP contribution is 2.34. The Kier molecular flexibility index (Phi) is 8.83. The number of anilines is 2. The van der Waals surface area contributed by atoms with Crippen molar-refractivity contribution < 1.29 is 19.1 Å². The Morgan fingerprint density at radius 1 is 1.10 bits per heavy atom. The average Bonchev–Trinajstić information content (AvgIpc) is 3.32. The largest absolute Gasteiger partial charge is 0.456 e. The normalized spacial score (nSPS) is 14.8. The minimum absolute atomic E-state index is 0.0595. The van der Waals surface area contributed by atoms with E-state index in [4.69, 9.17) is 9.84 Å². The van der Waals surface area contributed by atoms with Crippen LogP contribution in [0.3, 0.4) is 0 Å². The van der Waals surface area contributed by atoms with Gasteiger partial charge in [0.25, 0.3) is 5.91 Å². The fourth-order valence-electron chi connectivity index (χ4n) is 4.70. The molecule has 0 radical (unpaired) electrons. The summed E-state index contributed by atoms with van der Waals surface area (Å²) in [6.07, 6.45) is 2.94. The molecule has 1 aliphatic heterocycles. The molecule has 0 saturated heterocycles. The molecule has 0 fully saturated rings. The maximum atomic E-state index is 13.4. The Balaban J connectivity index is 1.51. The smallest absolute Gasteiger partial charge is 0.341 e. The molecule has 1 aromatic carbocycles. The molecule has 3 amide bonds. The molecule has 224 valence electrons. The topological polar surface area (TPSA) is 135 Å². The van der Waals surface area contributed by atoms with Gasteiger partial charge in [-0.3, -0.25) is 9.48 Å². The highest BCUT2D eigenvalue weighted by atomic mass is 16.6. The van der Waals surface area contributed by atoms with E-state index in [2.05, 4.69) is 27.5 Å². The number of amides is 3. The van der Waals surface area contributed by atoms with E-state index < -0.39 is 11.6 Å². The van der Waals surface area contributed by atoms with Crippen molar-refractivity contribution in [1.29, 1.82) is 0 Å². The second kappa shape index (κ2) is 12.2. The molecular formula is C30H40N8O4. The first-order chi connectivity index (χ1) is 19.7. The van der Waals surface area contributed by atoms with Gasteiger partial charge in [0.1, 0.15) is 5.60 Å². The molecule has 1 aliphatic rings. The van der Waals surface area contributed by atoms with E-state index >= 15 is 0 Å². The number of benzene rings is 1. The van der Waals surface area contributed by atoms with Crippen LogP contribution < -0.4 is 15.5 Å². The van der Waals surface area contributed by atoms with Crippen molar-refractivity contribution in [2.75, 3.05) is 30.9 Å². The Morgan fingerprint density at radius 3 is 2.31 bits per heavy atom. The van der Waals surface area contributed by atoms with Crippen molar-refractivity contribution in [2.45, 2.75) is 72.2 Å². The zero-order valence-electron chi connectivity index (χ0n) is 25.6. The molecule has 0 unspecified atom stereocenters. The second-order valence-electron chi connectivity index (χ2n) is 12.0. The lowest BCUT2D eigenvalue weighted by atomic mass is 9.95. The fraction of sp³-hybridized carbons (Fsp3) is 0.467. The van der Waals surface area contributed by atoms with Gasteiger partial charge in [0.05, 0.1) is 12.1 Å². The van der Waals surface area contributed by atoms with E-state index in [-0.39, 0.29) is 29.5 Å². The first-order valence-electron chi connectivity index (χ1n) is 14.0. The zero-order valence-corrected chi connectivity index (χ0v) is 25.6. The number of nitrogens with zero attached hydrogens (tertiary/aromatic N) is 6. The fourth-order valence-corrected chi connectivity index (χ4v) is 4.70. The summed E-state index contributed by atoms with van der Waals surface area (Å²) in [5.74, 6) is -0.228. The van der Waals surface area contributed by atoms with Crippen LogP contribution in [0.5, 0.6) is 0 Å². The minimum Gasteiger partial charge on any atom is -0.456 e. The van der Waals surface area contributed by atoms with Crippen LogP contribution in [0, 0.1) is 0 Å². The summed E-state index contributed by atoms with van der Waals surface area (Å²) in [4.78, 5) is 50.1. The molecule has 2 N–H and O–H groups in total. The molecule has 4 rings (SSSR count). The lowest BCUT2D eigenvalue weighted by Gasteiger charge is -2.32. The Hall–Kier alpha value is -4.48. The summed E-state index contributed by atoms with van der Waals surface area (Å²) >= 11 is 0. The van der Waals surface area contributed by atoms with E-state index in [1.165, 1.54) is 17.3 Å². The number of carbonyl (C=O) groups is 3. The van der Waals surface area contributed by atoms with E-state index in [1.54, 1.807) is 26.2 Å². The molecule has 0 bridgehead atoms. The number of aromatic nitrogens is 4. The van der Waals surface area contributed by atoms with Crippen LogP contribution in [-0.2, 0) is 17.8 Å². The summed E-state index contributed by atoms with van der Waals surface area (Å²) in [5, 5.41) is 10.5. The van der Waals surface area contributed by atoms with Gasteiger partial charge in [0.2, 0.25) is 5.95 Å². The SMILES string of the molecule is CC(C)n1nc(C(=O)NCc2ccc(NC(=O)N(C)C)cc2)c2c1[C@@H](C)CN(c1ncc(C(=O)OC(C)(C)C)cn1)C2. The van der Waals surface area contributed by atoms with Crippen LogP contribution in [0.2, 0.25) is 0 Å². The van der Waals surface area contributed by atoms with Gasteiger partial charge in [-0.1, -0.05) is 19.1 Å². The Bertz CT molecular complexity index is 1440. The number of urea groups is 1. The van der Waals surface area contributed by atoms with Gasteiger partial charge in [-0.2, -0.15) is 5.10 Å². The molecule has 3 heterocycles. The molecule has 0 saturated carbocycles. The van der Waals surface area contributed by atoms with Gasteiger partial charge >= 0.3 is 12.0 Å². The maximum absolute atomic E-state index is 13.4. The quantitative estimate of drug-likeness (QED) is 0.396. The van der Waals surface area contributed by atoms with Crippen molar-refractivity contribution in [3.05, 3.63) is 64.7 Å². The number of nitrogens with one attached hydrogen (secondary N) is 2. The highest BCUT2D eigenvalue weighted by molar-refractivity contribution is 5.94. The standard InChI is InChI=1S/C30H40N8O4/c1-18(2)38-25-19(3)16-37(28-32-14-21(15-33-28)27(40)42-30(4,5)6)17-23(25)24(35-38)26(39)31-13-20-9-11-22(12-10-20)34-29(41)36(7)8/h9-12,14-15,18-19H,13,16-17H2,1-8H3,(H,31,39)(H,34,41)/t19-/m0/s1. The number of esters is 1. The van der Waals surface area contributed by atoms with Crippen LogP contribution in [0.25, 0.3) is 0 Å². The van der Waals surface area contributed by atoms with Crippen LogP contribution >= 0.6 is 0 Å². The van der Waals surface area contributed by atoms with Gasteiger partial charge in [0, 0.05) is 68.5 Å². The number of hydrogen-bond acceptors (Lipinski definition) is 8. The third-order valence-corrected chi connectivity index (χ3v) is 6.68. The summed E-state index contributed by atoms with van der Waals surface area (Å²) < 4.78 is 7.35. The third kappa shape index (κ3) is 7.04. The predicted octanol–water partition coefficient (Wildman–Crippen LogP) is 4.36. The van der Waals surface area contributed by atoms with Crippen molar-refractivity contribution >= 4 is 29.5 Å². The van der Waals surface area contributed by atoms with Crippen LogP contribution in [0.4, 0.5) is 16.4 Å². The van der Waals surface area contributed by atoms with Crippen molar-refractivity contribution in [2.24, 2.45) is 0 Å². The van der Waals surface area contributed by atoms with Gasteiger partial charge < -0.3 is 25.2 Å². The lowest BCUT2D eigenvalue weighted by molar-refractivity contribution is 0.00684. The molecular weight excluding hydrogens is 536 g/mol. The number of rotatable bonds is 7. The van der Waals surface area contributed by atoms with E-state index in [0.717, 1.165) is 16.8 Å². The predicted molar refractivity (Wildman–Crippen MR) is 160 cm³/mol. The monoisotopic (exact) mass is 576 g/mol. The number of ether oxygens (including phenoxy) is 1. The van der Waals surface area contributed by atoms with Crippen LogP contribution in [0.15, 0.2) is 36.7 Å². The van der Waals surface area contributed by atoms with Crippen molar-refractivity contribution in [3.8, 4) is 0 Å². The van der Waals surface area contributed by atoms with E-state index in [1.807, 2.05) is 56.3 Å². The number of hydrogen-bond donors (Lipinski definition) is 2. The van der Waals surface area contributed by atoms with Crippen LogP contribution in [0.1, 0.15) is 91.2 Å². The molecule has 0 aliphatic carbocycles. The third-order valence-electron chi connectivity index (χ3n) is 6.68. The maximum Gasteiger partial charge on any atom is 0.341 e. The summed E-state index contributed by atoms with van der Waals surface area (Å²) in [5.41, 5.74) is 3.45. The summed E-state index contributed by atoms with van der Waals surface area (Å²) in [6, 6.07) is 7.17. The zero-order chi connectivity index (χ0) is 30.8. The number of fused-ring (bicyclic) bond motifs is 1.